The summed E-state index contributed by atoms with van der Waals surface area (Å²) in [5, 5.41) is 15.5. The molecule has 0 amide bonds. The predicted molar refractivity (Wildman–Crippen MR) is 67.5 cm³/mol. The van der Waals surface area contributed by atoms with E-state index in [1.807, 2.05) is 23.8 Å². The first-order valence-corrected chi connectivity index (χ1v) is 6.20. The molecule has 0 saturated carbocycles. The van der Waals surface area contributed by atoms with E-state index in [2.05, 4.69) is 10.3 Å². The number of halogens is 1. The van der Waals surface area contributed by atoms with Gasteiger partial charge in [-0.15, -0.1) is 0 Å². The predicted octanol–water partition coefficient (Wildman–Crippen LogP) is 3.15. The van der Waals surface area contributed by atoms with E-state index in [4.69, 9.17) is 5.11 Å². The Kier molecular flexibility index (Phi) is 3.57. The molecule has 0 aromatic carbocycles. The first-order chi connectivity index (χ1) is 8.59. The van der Waals surface area contributed by atoms with Gasteiger partial charge in [0.2, 0.25) is 0 Å². The second-order valence-corrected chi connectivity index (χ2v) is 4.53. The van der Waals surface area contributed by atoms with Gasteiger partial charge in [0.15, 0.2) is 11.6 Å². The number of pyridine rings is 1. The number of aromatic nitrogens is 1. The Morgan fingerprint density at radius 2 is 2.33 bits per heavy atom. The summed E-state index contributed by atoms with van der Waals surface area (Å²) < 4.78 is 13.8. The number of hydrogen-bond acceptors (Lipinski definition) is 4. The van der Waals surface area contributed by atoms with E-state index >= 15 is 0 Å². The van der Waals surface area contributed by atoms with Crippen molar-refractivity contribution in [3.8, 4) is 0 Å². The number of carboxylic acids is 1. The summed E-state index contributed by atoms with van der Waals surface area (Å²) in [6.07, 6.45) is 1.27. The molecule has 2 heterocycles. The van der Waals surface area contributed by atoms with E-state index in [1.165, 1.54) is 6.20 Å². The van der Waals surface area contributed by atoms with Crippen molar-refractivity contribution < 1.29 is 14.3 Å². The van der Waals surface area contributed by atoms with Crippen molar-refractivity contribution in [2.75, 3.05) is 5.32 Å². The van der Waals surface area contributed by atoms with Crippen LogP contribution in [0.3, 0.4) is 0 Å². The molecule has 1 atom stereocenters. The molecule has 1 unspecified atom stereocenters. The van der Waals surface area contributed by atoms with Gasteiger partial charge in [-0.25, -0.2) is 14.2 Å². The fraction of sp³-hybridized carbons (Fsp3) is 0.167. The maximum atomic E-state index is 13.8. The Morgan fingerprint density at radius 3 is 2.94 bits per heavy atom. The lowest BCUT2D eigenvalue weighted by Crippen LogP contribution is -2.11. The minimum atomic E-state index is -1.30. The number of carboxylic acid groups (broad SMARTS) is 1. The summed E-state index contributed by atoms with van der Waals surface area (Å²) in [6, 6.07) is 2.92. The average molecular weight is 266 g/mol. The molecule has 0 spiro atoms. The molecule has 4 nitrogen and oxygen atoms in total. The molecule has 2 aromatic heterocycles. The standard InChI is InChI=1S/C12H11FN2O2S/c1-7(8-3-5-18-6-8)15-11-10(13)9(12(16)17)2-4-14-11/h2-7H,1H3,(H,14,15)(H,16,17). The Bertz CT molecular complexity index is 557. The van der Waals surface area contributed by atoms with Crippen LogP contribution in [-0.2, 0) is 0 Å². The topological polar surface area (TPSA) is 62.2 Å². The molecule has 94 valence electrons. The maximum Gasteiger partial charge on any atom is 0.338 e. The Labute approximate surface area is 107 Å². The van der Waals surface area contributed by atoms with Gasteiger partial charge in [0.05, 0.1) is 6.04 Å². The highest BCUT2D eigenvalue weighted by Crippen LogP contribution is 2.23. The third kappa shape index (κ3) is 2.48. The van der Waals surface area contributed by atoms with E-state index in [9.17, 15) is 9.18 Å². The number of thiophene rings is 1. The maximum absolute atomic E-state index is 13.8. The zero-order chi connectivity index (χ0) is 13.1. The normalized spacial score (nSPS) is 12.1. The number of carbonyl (C=O) groups is 1. The first-order valence-electron chi connectivity index (χ1n) is 5.26. The number of nitrogens with one attached hydrogen (secondary N) is 1. The van der Waals surface area contributed by atoms with Crippen LogP contribution in [-0.4, -0.2) is 16.1 Å². The Morgan fingerprint density at radius 1 is 1.56 bits per heavy atom. The summed E-state index contributed by atoms with van der Waals surface area (Å²) in [5.41, 5.74) is 0.618. The van der Waals surface area contributed by atoms with Crippen molar-refractivity contribution in [1.29, 1.82) is 0 Å². The SMILES string of the molecule is CC(Nc1nccc(C(=O)O)c1F)c1ccsc1. The zero-order valence-corrected chi connectivity index (χ0v) is 10.4. The van der Waals surface area contributed by atoms with Gasteiger partial charge < -0.3 is 10.4 Å². The molecule has 2 aromatic rings. The quantitative estimate of drug-likeness (QED) is 0.892. The van der Waals surface area contributed by atoms with Crippen LogP contribution in [0, 0.1) is 5.82 Å². The highest BCUT2D eigenvalue weighted by atomic mass is 32.1. The lowest BCUT2D eigenvalue weighted by Gasteiger charge is -2.14. The van der Waals surface area contributed by atoms with Crippen molar-refractivity contribution in [3.63, 3.8) is 0 Å². The fourth-order valence-corrected chi connectivity index (χ4v) is 2.27. The van der Waals surface area contributed by atoms with Crippen LogP contribution in [0.2, 0.25) is 0 Å². The van der Waals surface area contributed by atoms with Gasteiger partial charge in [-0.2, -0.15) is 11.3 Å². The van der Waals surface area contributed by atoms with Gasteiger partial charge in [-0.3, -0.25) is 0 Å². The van der Waals surface area contributed by atoms with Crippen LogP contribution in [0.25, 0.3) is 0 Å². The molecule has 18 heavy (non-hydrogen) atoms. The van der Waals surface area contributed by atoms with Crippen LogP contribution in [0.4, 0.5) is 10.2 Å². The van der Waals surface area contributed by atoms with E-state index in [0.29, 0.717) is 0 Å². The third-order valence-corrected chi connectivity index (χ3v) is 3.22. The molecule has 0 aliphatic carbocycles. The monoisotopic (exact) mass is 266 g/mol. The van der Waals surface area contributed by atoms with Gasteiger partial charge >= 0.3 is 5.97 Å². The number of anilines is 1. The van der Waals surface area contributed by atoms with E-state index in [1.54, 1.807) is 11.3 Å². The smallest absolute Gasteiger partial charge is 0.338 e. The highest BCUT2D eigenvalue weighted by molar-refractivity contribution is 7.07. The molecule has 2 N–H and O–H groups in total. The van der Waals surface area contributed by atoms with Crippen LogP contribution in [0.5, 0.6) is 0 Å². The molecule has 0 aliphatic heterocycles. The van der Waals surface area contributed by atoms with Crippen LogP contribution >= 0.6 is 11.3 Å². The molecule has 0 radical (unpaired) electrons. The molecule has 0 fully saturated rings. The molecule has 0 saturated heterocycles. The highest BCUT2D eigenvalue weighted by Gasteiger charge is 2.16. The number of rotatable bonds is 4. The Balaban J connectivity index is 2.24. The molecular formula is C12H11FN2O2S. The second kappa shape index (κ2) is 5.14. The molecule has 0 bridgehead atoms. The number of nitrogens with zero attached hydrogens (tertiary/aromatic N) is 1. The zero-order valence-electron chi connectivity index (χ0n) is 9.55. The fourth-order valence-electron chi connectivity index (χ4n) is 1.52. The van der Waals surface area contributed by atoms with Gasteiger partial charge in [0.25, 0.3) is 0 Å². The van der Waals surface area contributed by atoms with Gasteiger partial charge in [-0.1, -0.05) is 0 Å². The summed E-state index contributed by atoms with van der Waals surface area (Å²) in [5.74, 6) is -2.19. The third-order valence-electron chi connectivity index (χ3n) is 2.52. The van der Waals surface area contributed by atoms with Crippen molar-refractivity contribution in [2.24, 2.45) is 0 Å². The summed E-state index contributed by atoms with van der Waals surface area (Å²) in [6.45, 7) is 1.86. The van der Waals surface area contributed by atoms with Crippen LogP contribution in [0.1, 0.15) is 28.9 Å². The van der Waals surface area contributed by atoms with Gasteiger partial charge in [-0.05, 0) is 35.4 Å². The van der Waals surface area contributed by atoms with Crippen molar-refractivity contribution >= 4 is 23.1 Å². The van der Waals surface area contributed by atoms with Crippen LogP contribution < -0.4 is 5.32 Å². The Hall–Kier alpha value is -1.95. The van der Waals surface area contributed by atoms with Gasteiger partial charge in [0.1, 0.15) is 5.56 Å². The van der Waals surface area contributed by atoms with Crippen molar-refractivity contribution in [2.45, 2.75) is 13.0 Å². The van der Waals surface area contributed by atoms with E-state index in [0.717, 1.165) is 11.6 Å². The van der Waals surface area contributed by atoms with Crippen LogP contribution in [0.15, 0.2) is 29.1 Å². The second-order valence-electron chi connectivity index (χ2n) is 3.75. The molecule has 0 aliphatic rings. The van der Waals surface area contributed by atoms with Gasteiger partial charge in [0, 0.05) is 6.20 Å². The summed E-state index contributed by atoms with van der Waals surface area (Å²) in [4.78, 5) is 14.6. The van der Waals surface area contributed by atoms with E-state index in [-0.39, 0.29) is 17.4 Å². The van der Waals surface area contributed by atoms with Crippen molar-refractivity contribution in [3.05, 3.63) is 46.0 Å². The van der Waals surface area contributed by atoms with Crippen molar-refractivity contribution in [1.82, 2.24) is 4.98 Å². The molecular weight excluding hydrogens is 255 g/mol. The lowest BCUT2D eigenvalue weighted by atomic mass is 10.2. The average Bonchev–Trinajstić information content (AvgIpc) is 2.85. The summed E-state index contributed by atoms with van der Waals surface area (Å²) >= 11 is 1.54. The number of hydrogen-bond donors (Lipinski definition) is 2. The first kappa shape index (κ1) is 12.5. The summed E-state index contributed by atoms with van der Waals surface area (Å²) in [7, 11) is 0. The minimum Gasteiger partial charge on any atom is -0.478 e. The molecule has 6 heteroatoms. The van der Waals surface area contributed by atoms with E-state index < -0.39 is 11.8 Å². The lowest BCUT2D eigenvalue weighted by molar-refractivity contribution is 0.0692. The number of aromatic carboxylic acids is 1. The largest absolute Gasteiger partial charge is 0.478 e. The minimum absolute atomic E-state index is 0.0476. The molecule has 2 rings (SSSR count).